The average molecular weight is 917 g/mol. The maximum absolute atomic E-state index is 4.16. The molecule has 0 bridgehead atoms. The summed E-state index contributed by atoms with van der Waals surface area (Å²) in [5.41, 5.74) is 6.23. The van der Waals surface area contributed by atoms with Crippen LogP contribution in [0.5, 0.6) is 0 Å². The minimum Gasteiger partial charge on any atom is 2.00 e. The van der Waals surface area contributed by atoms with Gasteiger partial charge in [-0.3, -0.25) is 0 Å². The van der Waals surface area contributed by atoms with Gasteiger partial charge >= 0.3 is 50.2 Å². The fourth-order valence-electron chi connectivity index (χ4n) is 6.17. The molecular weight excluding hydrogens is 868 g/mol. The second-order valence-electron chi connectivity index (χ2n) is 13.5. The molecule has 0 nitrogen and oxygen atoms in total. The zero-order valence-electron chi connectivity index (χ0n) is 30.0. The van der Waals surface area contributed by atoms with Crippen molar-refractivity contribution in [2.75, 3.05) is 0 Å². The second kappa shape index (κ2) is 22.3. The Labute approximate surface area is 340 Å². The molecule has 6 rings (SSSR count). The fourth-order valence-corrected chi connectivity index (χ4v) is 14.4. The molecule has 0 saturated heterocycles. The van der Waals surface area contributed by atoms with E-state index in [0.29, 0.717) is 0 Å². The van der Waals surface area contributed by atoms with E-state index in [1.54, 1.807) is 26.0 Å². The molecule has 0 aliphatic heterocycles. The maximum Gasteiger partial charge on any atom is 2.00 e. The van der Waals surface area contributed by atoms with Gasteiger partial charge in [0.05, 0.1) is 0 Å². The monoisotopic (exact) mass is 916 g/mol. The van der Waals surface area contributed by atoms with Gasteiger partial charge in [0.1, 0.15) is 0 Å². The summed E-state index contributed by atoms with van der Waals surface area (Å²) in [5.74, 6) is 1.42. The van der Waals surface area contributed by atoms with Gasteiger partial charge in [-0.15, -0.1) is 0 Å². The van der Waals surface area contributed by atoms with Gasteiger partial charge in [0.25, 0.3) is 0 Å². The van der Waals surface area contributed by atoms with Crippen molar-refractivity contribution < 1.29 is 29.8 Å². The molecule has 264 valence electrons. The molecule has 2 saturated carbocycles. The standard InChI is InChI=1S/C33H31P2.C11H18P.Cu.Fe.HI/c1-33(2,3)26-24-31(34(27-16-8-4-9-17-27)28-18-10-5-11-19-28)32(25-26)35(29-20-12-6-13-21-29)30-22-14-7-15-23-30;1-9(2)12(10(3)4)11-7-5-6-8-11;;;/h4-25H,1-3H3;5-10H,1-4H3;;;1H/q;;+1;+2;/p-1. The van der Waals surface area contributed by atoms with Crippen molar-refractivity contribution in [3.8, 4) is 0 Å². The van der Waals surface area contributed by atoms with E-state index in [-0.39, 0.29) is 30.4 Å². The summed E-state index contributed by atoms with van der Waals surface area (Å²) in [4.78, 5) is 0. The molecule has 0 N–H and O–H groups in total. The number of hydrogen-bond acceptors (Lipinski definition) is 0. The summed E-state index contributed by atoms with van der Waals surface area (Å²) in [7, 11) is -1.32. The smallest absolute Gasteiger partial charge is 2.00 e. The second-order valence-corrected chi connectivity index (χ2v) is 21.3. The number of rotatable bonds is 9. The molecule has 0 aromatic heterocycles. The third-order valence-corrected chi connectivity index (χ3v) is 16.6. The average Bonchev–Trinajstić information content (AvgIpc) is 3.80. The van der Waals surface area contributed by atoms with Crippen LogP contribution in [0.2, 0.25) is 0 Å². The van der Waals surface area contributed by atoms with Crippen LogP contribution in [0.3, 0.4) is 0 Å². The van der Waals surface area contributed by atoms with Crippen LogP contribution in [0, 0.1) is 66.8 Å². The van der Waals surface area contributed by atoms with Crippen LogP contribution in [0.15, 0.2) is 121 Å². The van der Waals surface area contributed by atoms with E-state index in [9.17, 15) is 0 Å². The summed E-state index contributed by atoms with van der Waals surface area (Å²) in [6.45, 7) is 16.3. The maximum atomic E-state index is 4.16. The molecule has 0 heterocycles. The summed E-state index contributed by atoms with van der Waals surface area (Å²) < 4.78 is 0. The zero-order valence-corrected chi connectivity index (χ0v) is 36.9. The Kier molecular flexibility index (Phi) is 19.8. The molecule has 2 aliphatic rings. The Bertz CT molecular complexity index is 1280. The van der Waals surface area contributed by atoms with Gasteiger partial charge in [-0.2, -0.15) is 0 Å². The van der Waals surface area contributed by atoms with Crippen molar-refractivity contribution in [3.05, 3.63) is 183 Å². The van der Waals surface area contributed by atoms with E-state index in [1.807, 2.05) is 0 Å². The van der Waals surface area contributed by atoms with Crippen LogP contribution in [0.4, 0.5) is 0 Å². The van der Waals surface area contributed by atoms with E-state index in [2.05, 4.69) is 221 Å². The number of benzene rings is 4. The quantitative estimate of drug-likeness (QED) is 0.0892. The topological polar surface area (TPSA) is 0 Å². The van der Waals surface area contributed by atoms with Gasteiger partial charge in [-0.05, 0) is 98.2 Å². The Morgan fingerprint density at radius 2 is 0.780 bits per heavy atom. The zero-order chi connectivity index (χ0) is 35.4. The summed E-state index contributed by atoms with van der Waals surface area (Å²) in [6.07, 6.45) is 13.9. The Balaban J connectivity index is 0.000000382. The molecule has 50 heavy (non-hydrogen) atoms. The summed E-state index contributed by atoms with van der Waals surface area (Å²) >= 11 is 5.87. The van der Waals surface area contributed by atoms with Crippen LogP contribution in [0.1, 0.15) is 48.5 Å². The first-order valence-corrected chi connectivity index (χ1v) is 24.1. The van der Waals surface area contributed by atoms with Gasteiger partial charge in [0.15, 0.2) is 0 Å². The van der Waals surface area contributed by atoms with Crippen molar-refractivity contribution in [3.63, 3.8) is 0 Å². The molecule has 6 heteroatoms. The number of hydrogen-bond donors (Lipinski definition) is 0. The molecule has 0 atom stereocenters. The molecule has 10 radical (unpaired) electrons. The third kappa shape index (κ3) is 12.2. The van der Waals surface area contributed by atoms with Crippen molar-refractivity contribution in [1.82, 2.24) is 0 Å². The fraction of sp³-hybridized carbons (Fsp3) is 0.227. The van der Waals surface area contributed by atoms with E-state index in [1.165, 1.54) is 38.5 Å². The molecule has 0 amide bonds. The molecule has 0 unspecified atom stereocenters. The largest absolute Gasteiger partial charge is 2.00 e. The first kappa shape index (κ1) is 44.3. The van der Waals surface area contributed by atoms with Crippen LogP contribution < -0.4 is 21.2 Å². The molecule has 2 aliphatic carbocycles. The Morgan fingerprint density at radius 3 is 1.02 bits per heavy atom. The van der Waals surface area contributed by atoms with Gasteiger partial charge in [-0.25, -0.2) is 0 Å². The van der Waals surface area contributed by atoms with Gasteiger partial charge in [0.2, 0.25) is 0 Å². The van der Waals surface area contributed by atoms with Crippen LogP contribution >= 0.6 is 44.1 Å². The van der Waals surface area contributed by atoms with E-state index in [0.717, 1.165) is 11.3 Å². The minimum absolute atomic E-state index is 0. The normalized spacial score (nSPS) is 16.1. The van der Waals surface area contributed by atoms with Crippen LogP contribution in [-0.2, 0) is 29.8 Å². The summed E-state index contributed by atoms with van der Waals surface area (Å²) in [6, 6.07) is 44.4. The summed E-state index contributed by atoms with van der Waals surface area (Å²) in [5, 5.41) is 5.60. The third-order valence-electron chi connectivity index (χ3n) is 8.31. The molecule has 0 spiro atoms. The SMILES string of the molecule is CC(C)(C)[C]1[CH][C](P(c2ccccc2)c2ccccc2)[C](P(c2ccccc2)c2ccccc2)[CH]1.CC(C)P([C]1[CH][CH][CH][CH]1)C(C)C.[Cu][I].[Fe+2]. The van der Waals surface area contributed by atoms with Gasteiger partial charge in [0, 0.05) is 17.0 Å². The van der Waals surface area contributed by atoms with Crippen molar-refractivity contribution in [2.45, 2.75) is 59.8 Å². The van der Waals surface area contributed by atoms with Gasteiger partial charge < -0.3 is 0 Å². The molecule has 4 aromatic carbocycles. The van der Waals surface area contributed by atoms with Crippen molar-refractivity contribution in [1.29, 1.82) is 0 Å². The first-order valence-electron chi connectivity index (χ1n) is 16.9. The molecule has 4 aromatic rings. The first-order chi connectivity index (χ1) is 23.6. The molecule has 2 fully saturated rings. The Hall–Kier alpha value is -0.0610. The molecular formula is C44H49CuFeIP3+2. The predicted molar refractivity (Wildman–Crippen MR) is 228 cm³/mol. The van der Waals surface area contributed by atoms with Crippen LogP contribution in [-0.4, -0.2) is 11.3 Å². The van der Waals surface area contributed by atoms with Crippen molar-refractivity contribution in [2.24, 2.45) is 5.41 Å². The number of halogens is 1. The van der Waals surface area contributed by atoms with Gasteiger partial charge in [-0.1, -0.05) is 178 Å². The van der Waals surface area contributed by atoms with E-state index in [4.69, 9.17) is 0 Å². The predicted octanol–water partition coefficient (Wildman–Crippen LogP) is 11.9. The van der Waals surface area contributed by atoms with E-state index < -0.39 is 15.8 Å². The van der Waals surface area contributed by atoms with Crippen molar-refractivity contribution >= 4 is 65.3 Å². The van der Waals surface area contributed by atoms with Crippen LogP contribution in [0.25, 0.3) is 0 Å². The Morgan fingerprint density at radius 1 is 0.500 bits per heavy atom. The minimum atomic E-state index is -0.690. The van der Waals surface area contributed by atoms with E-state index >= 15 is 0 Å².